The smallest absolute Gasteiger partial charge is 0.303 e. The maximum absolute atomic E-state index is 12.1. The lowest BCUT2D eigenvalue weighted by Gasteiger charge is -2.15. The van der Waals surface area contributed by atoms with E-state index in [9.17, 15) is 9.59 Å². The summed E-state index contributed by atoms with van der Waals surface area (Å²) in [6.07, 6.45) is 0.654. The fourth-order valence-corrected chi connectivity index (χ4v) is 2.60. The molecule has 0 bridgehead atoms. The molecule has 0 aliphatic heterocycles. The van der Waals surface area contributed by atoms with Gasteiger partial charge in [0.25, 0.3) is 0 Å². The van der Waals surface area contributed by atoms with Gasteiger partial charge in [0.1, 0.15) is 5.76 Å². The molecular formula is C15H18N2O4S. The van der Waals surface area contributed by atoms with Crippen LogP contribution in [0, 0.1) is 6.92 Å². The van der Waals surface area contributed by atoms with Crippen LogP contribution < -0.4 is 0 Å². The van der Waals surface area contributed by atoms with Crippen LogP contribution in [0.5, 0.6) is 0 Å². The average Bonchev–Trinajstić information content (AvgIpc) is 3.08. The van der Waals surface area contributed by atoms with Crippen LogP contribution in [0.4, 0.5) is 0 Å². The van der Waals surface area contributed by atoms with Gasteiger partial charge in [-0.05, 0) is 24.8 Å². The van der Waals surface area contributed by atoms with Gasteiger partial charge < -0.3 is 14.4 Å². The van der Waals surface area contributed by atoms with Gasteiger partial charge in [-0.1, -0.05) is 0 Å². The van der Waals surface area contributed by atoms with Gasteiger partial charge in [0.2, 0.25) is 11.8 Å². The largest absolute Gasteiger partial charge is 0.481 e. The Bertz CT molecular complexity index is 649. The molecule has 0 spiro atoms. The van der Waals surface area contributed by atoms with Crippen LogP contribution in [0.3, 0.4) is 0 Å². The second-order valence-electron chi connectivity index (χ2n) is 5.02. The van der Waals surface area contributed by atoms with Gasteiger partial charge in [0.05, 0.1) is 12.1 Å². The third-order valence-corrected chi connectivity index (χ3v) is 3.97. The van der Waals surface area contributed by atoms with Crippen molar-refractivity contribution >= 4 is 23.2 Å². The number of carboxylic acid groups (broad SMARTS) is 1. The highest BCUT2D eigenvalue weighted by Crippen LogP contribution is 2.24. The lowest BCUT2D eigenvalue weighted by atomic mass is 10.2. The molecular weight excluding hydrogens is 304 g/mol. The molecule has 7 heteroatoms. The zero-order chi connectivity index (χ0) is 16.1. The molecule has 0 aliphatic rings. The highest BCUT2D eigenvalue weighted by atomic mass is 32.1. The number of aliphatic carboxylic acids is 1. The summed E-state index contributed by atoms with van der Waals surface area (Å²) in [6, 6.07) is 1.92. The van der Waals surface area contributed by atoms with E-state index in [2.05, 4.69) is 4.98 Å². The SMILES string of the molecule is Cc1oc(-c2ccsc2)nc1CC(=O)N(C)CCCC(=O)O. The fraction of sp³-hybridized carbons (Fsp3) is 0.400. The Morgan fingerprint density at radius 3 is 2.86 bits per heavy atom. The summed E-state index contributed by atoms with van der Waals surface area (Å²) in [5.41, 5.74) is 1.53. The zero-order valence-electron chi connectivity index (χ0n) is 12.5. The number of hydrogen-bond acceptors (Lipinski definition) is 5. The van der Waals surface area contributed by atoms with Crippen molar-refractivity contribution in [1.29, 1.82) is 0 Å². The van der Waals surface area contributed by atoms with E-state index in [0.29, 0.717) is 30.3 Å². The Balaban J connectivity index is 1.95. The minimum absolute atomic E-state index is 0.0584. The van der Waals surface area contributed by atoms with Gasteiger partial charge in [0, 0.05) is 31.0 Å². The maximum Gasteiger partial charge on any atom is 0.303 e. The van der Waals surface area contributed by atoms with E-state index in [1.165, 1.54) is 4.90 Å². The molecule has 0 saturated heterocycles. The summed E-state index contributed by atoms with van der Waals surface area (Å²) in [4.78, 5) is 28.5. The van der Waals surface area contributed by atoms with Crippen molar-refractivity contribution in [3.8, 4) is 11.5 Å². The van der Waals surface area contributed by atoms with Crippen molar-refractivity contribution in [2.45, 2.75) is 26.2 Å². The van der Waals surface area contributed by atoms with E-state index in [1.807, 2.05) is 16.8 Å². The summed E-state index contributed by atoms with van der Waals surface area (Å²) in [6.45, 7) is 2.20. The molecule has 1 N–H and O–H groups in total. The Morgan fingerprint density at radius 2 is 2.23 bits per heavy atom. The maximum atomic E-state index is 12.1. The van der Waals surface area contributed by atoms with Crippen LogP contribution in [0.1, 0.15) is 24.3 Å². The molecule has 2 heterocycles. The fourth-order valence-electron chi connectivity index (χ4n) is 1.97. The van der Waals surface area contributed by atoms with Crippen molar-refractivity contribution in [2.75, 3.05) is 13.6 Å². The Morgan fingerprint density at radius 1 is 1.45 bits per heavy atom. The number of oxazole rings is 1. The Kier molecular flexibility index (Phi) is 5.32. The molecule has 118 valence electrons. The molecule has 0 fully saturated rings. The van der Waals surface area contributed by atoms with Gasteiger partial charge in [-0.25, -0.2) is 4.98 Å². The number of thiophene rings is 1. The van der Waals surface area contributed by atoms with Crippen molar-refractivity contribution in [3.63, 3.8) is 0 Å². The van der Waals surface area contributed by atoms with E-state index in [4.69, 9.17) is 9.52 Å². The van der Waals surface area contributed by atoms with E-state index in [-0.39, 0.29) is 18.7 Å². The van der Waals surface area contributed by atoms with Gasteiger partial charge in [-0.15, -0.1) is 0 Å². The predicted octanol–water partition coefficient (Wildman–Crippen LogP) is 2.58. The lowest BCUT2D eigenvalue weighted by Crippen LogP contribution is -2.29. The monoisotopic (exact) mass is 322 g/mol. The highest BCUT2D eigenvalue weighted by Gasteiger charge is 2.17. The second-order valence-corrected chi connectivity index (χ2v) is 5.80. The topological polar surface area (TPSA) is 83.6 Å². The summed E-state index contributed by atoms with van der Waals surface area (Å²) in [5.74, 6) is 0.204. The third kappa shape index (κ3) is 4.17. The first kappa shape index (κ1) is 16.2. The van der Waals surface area contributed by atoms with Crippen LogP contribution >= 0.6 is 11.3 Å². The van der Waals surface area contributed by atoms with Crippen LogP contribution in [0.2, 0.25) is 0 Å². The molecule has 2 aromatic heterocycles. The van der Waals surface area contributed by atoms with E-state index in [1.54, 1.807) is 25.3 Å². The molecule has 2 rings (SSSR count). The van der Waals surface area contributed by atoms with Crippen molar-refractivity contribution in [1.82, 2.24) is 9.88 Å². The highest BCUT2D eigenvalue weighted by molar-refractivity contribution is 7.08. The van der Waals surface area contributed by atoms with E-state index < -0.39 is 5.97 Å². The summed E-state index contributed by atoms with van der Waals surface area (Å²) >= 11 is 1.56. The molecule has 2 aromatic rings. The normalized spacial score (nSPS) is 10.6. The minimum atomic E-state index is -0.853. The van der Waals surface area contributed by atoms with Crippen molar-refractivity contribution < 1.29 is 19.1 Å². The second kappa shape index (κ2) is 7.22. The standard InChI is InChI=1S/C15H18N2O4S/c1-10-12(16-15(21-10)11-5-7-22-9-11)8-13(18)17(2)6-3-4-14(19)20/h5,7,9H,3-4,6,8H2,1-2H3,(H,19,20). The number of amides is 1. The van der Waals surface area contributed by atoms with Gasteiger partial charge in [-0.3, -0.25) is 9.59 Å². The Labute approximate surface area is 132 Å². The quantitative estimate of drug-likeness (QED) is 0.847. The van der Waals surface area contributed by atoms with Crippen LogP contribution in [-0.2, 0) is 16.0 Å². The molecule has 0 unspecified atom stereocenters. The number of hydrogen-bond donors (Lipinski definition) is 1. The van der Waals surface area contributed by atoms with E-state index in [0.717, 1.165) is 5.56 Å². The molecule has 0 aliphatic carbocycles. The number of aromatic nitrogens is 1. The van der Waals surface area contributed by atoms with E-state index >= 15 is 0 Å². The number of carbonyl (C=O) groups excluding carboxylic acids is 1. The number of carboxylic acids is 1. The number of aryl methyl sites for hydroxylation is 1. The summed E-state index contributed by atoms with van der Waals surface area (Å²) in [5, 5.41) is 12.5. The van der Waals surface area contributed by atoms with Gasteiger partial charge in [0.15, 0.2) is 0 Å². The number of carbonyl (C=O) groups is 2. The van der Waals surface area contributed by atoms with Gasteiger partial charge in [-0.2, -0.15) is 11.3 Å². The average molecular weight is 322 g/mol. The molecule has 6 nitrogen and oxygen atoms in total. The van der Waals surface area contributed by atoms with Crippen LogP contribution in [0.25, 0.3) is 11.5 Å². The third-order valence-electron chi connectivity index (χ3n) is 3.29. The predicted molar refractivity (Wildman–Crippen MR) is 82.8 cm³/mol. The summed E-state index contributed by atoms with van der Waals surface area (Å²) in [7, 11) is 1.67. The number of nitrogens with zero attached hydrogens (tertiary/aromatic N) is 2. The lowest BCUT2D eigenvalue weighted by molar-refractivity contribution is -0.138. The van der Waals surface area contributed by atoms with Crippen molar-refractivity contribution in [3.05, 3.63) is 28.3 Å². The van der Waals surface area contributed by atoms with Crippen LogP contribution in [-0.4, -0.2) is 40.5 Å². The molecule has 0 saturated carbocycles. The minimum Gasteiger partial charge on any atom is -0.481 e. The van der Waals surface area contributed by atoms with Crippen molar-refractivity contribution in [2.24, 2.45) is 0 Å². The Hall–Kier alpha value is -2.15. The first-order valence-electron chi connectivity index (χ1n) is 6.92. The number of likely N-dealkylation sites (N-methyl/N-ethyl adjacent to an activating group) is 1. The van der Waals surface area contributed by atoms with Crippen LogP contribution in [0.15, 0.2) is 21.2 Å². The van der Waals surface area contributed by atoms with Gasteiger partial charge >= 0.3 is 5.97 Å². The summed E-state index contributed by atoms with van der Waals surface area (Å²) < 4.78 is 5.60. The first-order valence-corrected chi connectivity index (χ1v) is 7.86. The molecule has 0 aromatic carbocycles. The molecule has 0 radical (unpaired) electrons. The number of rotatable bonds is 7. The molecule has 0 atom stereocenters. The molecule has 22 heavy (non-hydrogen) atoms. The first-order chi connectivity index (χ1) is 10.5. The molecule has 1 amide bonds. The zero-order valence-corrected chi connectivity index (χ0v) is 13.4.